The Morgan fingerprint density at radius 3 is 2.59 bits per heavy atom. The van der Waals surface area contributed by atoms with Crippen LogP contribution < -0.4 is 0 Å². The molecule has 0 spiro atoms. The van der Waals surface area contributed by atoms with E-state index in [1.807, 2.05) is 13.8 Å². The molecule has 0 aliphatic carbocycles. The van der Waals surface area contributed by atoms with E-state index >= 15 is 0 Å². The Morgan fingerprint density at radius 1 is 1.05 bits per heavy atom. The molecule has 2 nitrogen and oxygen atoms in total. The van der Waals surface area contributed by atoms with E-state index in [0.717, 1.165) is 22.0 Å². The molecular weight excluding hydrogens is 282 g/mol. The minimum absolute atomic E-state index is 0.247. The van der Waals surface area contributed by atoms with E-state index in [1.165, 1.54) is 18.2 Å². The Labute approximate surface area is 127 Å². The third kappa shape index (κ3) is 2.52. The van der Waals surface area contributed by atoms with Gasteiger partial charge in [-0.25, -0.2) is 8.78 Å². The topological polar surface area (TPSA) is 28.1 Å². The molecule has 1 N–H and O–H groups in total. The molecule has 0 aliphatic rings. The van der Waals surface area contributed by atoms with Crippen molar-refractivity contribution in [2.75, 3.05) is 0 Å². The van der Waals surface area contributed by atoms with E-state index in [-0.39, 0.29) is 11.6 Å². The summed E-state index contributed by atoms with van der Waals surface area (Å²) in [7, 11) is 0. The summed E-state index contributed by atoms with van der Waals surface area (Å²) in [4.78, 5) is 7.63. The molecule has 1 heterocycles. The van der Waals surface area contributed by atoms with Crippen LogP contribution in [-0.4, -0.2) is 10.7 Å². The highest BCUT2D eigenvalue weighted by molar-refractivity contribution is 6.10. The molecule has 3 aromatic rings. The fourth-order valence-corrected chi connectivity index (χ4v) is 2.49. The lowest BCUT2D eigenvalue weighted by atomic mass is 10.1. The van der Waals surface area contributed by atoms with Gasteiger partial charge in [-0.15, -0.1) is 0 Å². The largest absolute Gasteiger partial charge is 0.360 e. The third-order valence-electron chi connectivity index (χ3n) is 3.81. The second-order valence-electron chi connectivity index (χ2n) is 5.48. The average molecular weight is 298 g/mol. The molecule has 0 unspecified atom stereocenters. The first-order chi connectivity index (χ1) is 10.5. The normalized spacial score (nSPS) is 12.1. The number of H-pyrrole nitrogens is 1. The molecule has 112 valence electrons. The third-order valence-corrected chi connectivity index (χ3v) is 3.81. The first-order valence-electron chi connectivity index (χ1n) is 7.05. The Morgan fingerprint density at radius 2 is 1.82 bits per heavy atom. The molecule has 0 atom stereocenters. The van der Waals surface area contributed by atoms with E-state index in [1.54, 1.807) is 25.3 Å². The molecule has 0 amide bonds. The molecule has 2 aromatic carbocycles. The zero-order chi connectivity index (χ0) is 15.9. The number of aliphatic imine (C=N–C) groups is 1. The number of hydrogen-bond acceptors (Lipinski definition) is 1. The van der Waals surface area contributed by atoms with Gasteiger partial charge in [-0.05, 0) is 56.2 Å². The molecule has 1 aromatic heterocycles. The fraction of sp³-hybridized carbons (Fsp3) is 0.167. The van der Waals surface area contributed by atoms with Crippen molar-refractivity contribution in [1.29, 1.82) is 0 Å². The van der Waals surface area contributed by atoms with Crippen LogP contribution in [0.25, 0.3) is 10.9 Å². The Kier molecular flexibility index (Phi) is 3.53. The molecule has 22 heavy (non-hydrogen) atoms. The van der Waals surface area contributed by atoms with Crippen molar-refractivity contribution in [3.05, 3.63) is 64.9 Å². The van der Waals surface area contributed by atoms with Crippen LogP contribution in [0, 0.1) is 25.5 Å². The Balaban J connectivity index is 2.12. The molecule has 0 fully saturated rings. The quantitative estimate of drug-likeness (QED) is 0.630. The summed E-state index contributed by atoms with van der Waals surface area (Å²) in [5.74, 6) is -0.569. The van der Waals surface area contributed by atoms with Gasteiger partial charge in [0.25, 0.3) is 0 Å². The van der Waals surface area contributed by atoms with E-state index in [4.69, 9.17) is 0 Å². The Bertz CT molecular complexity index is 891. The van der Waals surface area contributed by atoms with E-state index < -0.39 is 0 Å². The molecule has 3 rings (SSSR count). The van der Waals surface area contributed by atoms with Crippen LogP contribution in [0.4, 0.5) is 14.5 Å². The number of aryl methyl sites for hydroxylation is 2. The van der Waals surface area contributed by atoms with Gasteiger partial charge in [0.05, 0.1) is 5.69 Å². The minimum Gasteiger partial charge on any atom is -0.360 e. The van der Waals surface area contributed by atoms with Crippen LogP contribution in [0.3, 0.4) is 0 Å². The van der Waals surface area contributed by atoms with Crippen molar-refractivity contribution in [2.24, 2.45) is 4.99 Å². The molecule has 0 bridgehead atoms. The minimum atomic E-state index is -0.322. The first kappa shape index (κ1) is 14.4. The van der Waals surface area contributed by atoms with Crippen molar-refractivity contribution < 1.29 is 8.78 Å². The van der Waals surface area contributed by atoms with Crippen LogP contribution >= 0.6 is 0 Å². The maximum atomic E-state index is 13.8. The average Bonchev–Trinajstić information content (AvgIpc) is 2.86. The van der Waals surface area contributed by atoms with Gasteiger partial charge in [-0.2, -0.15) is 0 Å². The summed E-state index contributed by atoms with van der Waals surface area (Å²) in [5, 5.41) is 0.776. The molecule has 0 saturated heterocycles. The van der Waals surface area contributed by atoms with Crippen LogP contribution in [0.1, 0.15) is 23.6 Å². The number of nitrogens with zero attached hydrogens (tertiary/aromatic N) is 1. The molecule has 0 saturated carbocycles. The summed E-state index contributed by atoms with van der Waals surface area (Å²) in [5.41, 5.74) is 4.46. The second-order valence-corrected chi connectivity index (χ2v) is 5.48. The van der Waals surface area contributed by atoms with E-state index in [2.05, 4.69) is 9.98 Å². The van der Waals surface area contributed by atoms with Crippen molar-refractivity contribution in [3.63, 3.8) is 0 Å². The van der Waals surface area contributed by atoms with Gasteiger partial charge < -0.3 is 4.98 Å². The zero-order valence-corrected chi connectivity index (χ0v) is 12.7. The van der Waals surface area contributed by atoms with Crippen molar-refractivity contribution in [1.82, 2.24) is 4.98 Å². The number of benzene rings is 2. The van der Waals surface area contributed by atoms with Crippen LogP contribution in [0.2, 0.25) is 0 Å². The lowest BCUT2D eigenvalue weighted by Crippen LogP contribution is -1.94. The van der Waals surface area contributed by atoms with E-state index in [9.17, 15) is 8.78 Å². The lowest BCUT2D eigenvalue weighted by molar-refractivity contribution is 0.620. The van der Waals surface area contributed by atoms with Crippen LogP contribution in [0.5, 0.6) is 0 Å². The smallest absolute Gasteiger partial charge is 0.126 e. The Hall–Kier alpha value is -2.49. The van der Waals surface area contributed by atoms with Gasteiger partial charge >= 0.3 is 0 Å². The fourth-order valence-electron chi connectivity index (χ4n) is 2.49. The number of aromatic amines is 1. The second kappa shape index (κ2) is 5.37. The standard InChI is InChI=1S/C18H16F2N2/c1-10-4-5-13(19)7-17(10)22-12(3)15-9-21-18-6-11(2)16(20)8-14(15)18/h4-9,21H,1-3H3. The highest BCUT2D eigenvalue weighted by Gasteiger charge is 2.10. The predicted molar refractivity (Wildman–Crippen MR) is 86.0 cm³/mol. The number of fused-ring (bicyclic) bond motifs is 1. The van der Waals surface area contributed by atoms with Gasteiger partial charge in [0.1, 0.15) is 11.6 Å². The van der Waals surface area contributed by atoms with Crippen LogP contribution in [-0.2, 0) is 0 Å². The number of nitrogens with one attached hydrogen (secondary N) is 1. The number of hydrogen-bond donors (Lipinski definition) is 1. The summed E-state index contributed by atoms with van der Waals surface area (Å²) in [6.45, 7) is 5.45. The highest BCUT2D eigenvalue weighted by Crippen LogP contribution is 2.25. The summed E-state index contributed by atoms with van der Waals surface area (Å²) >= 11 is 0. The molecule has 0 radical (unpaired) electrons. The maximum absolute atomic E-state index is 13.8. The highest BCUT2D eigenvalue weighted by atomic mass is 19.1. The molecule has 0 aliphatic heterocycles. The van der Waals surface area contributed by atoms with Crippen molar-refractivity contribution in [2.45, 2.75) is 20.8 Å². The van der Waals surface area contributed by atoms with Gasteiger partial charge in [0.15, 0.2) is 0 Å². The van der Waals surface area contributed by atoms with Gasteiger partial charge in [-0.1, -0.05) is 6.07 Å². The monoisotopic (exact) mass is 298 g/mol. The van der Waals surface area contributed by atoms with Gasteiger partial charge in [0.2, 0.25) is 0 Å². The zero-order valence-electron chi connectivity index (χ0n) is 12.7. The molecule has 4 heteroatoms. The number of halogens is 2. The number of aromatic nitrogens is 1. The number of rotatable bonds is 2. The predicted octanol–water partition coefficient (Wildman–Crippen LogP) is 5.20. The molecular formula is C18H16F2N2. The van der Waals surface area contributed by atoms with Gasteiger partial charge in [-0.3, -0.25) is 4.99 Å². The van der Waals surface area contributed by atoms with Crippen LogP contribution in [0.15, 0.2) is 41.5 Å². The summed E-state index contributed by atoms with van der Waals surface area (Å²) in [6, 6.07) is 7.79. The summed E-state index contributed by atoms with van der Waals surface area (Å²) in [6.07, 6.45) is 1.80. The van der Waals surface area contributed by atoms with Crippen molar-refractivity contribution >= 4 is 22.3 Å². The maximum Gasteiger partial charge on any atom is 0.126 e. The van der Waals surface area contributed by atoms with Crippen molar-refractivity contribution in [3.8, 4) is 0 Å². The first-order valence-corrected chi connectivity index (χ1v) is 7.05. The van der Waals surface area contributed by atoms with Gasteiger partial charge in [0, 0.05) is 28.4 Å². The SMILES string of the molecule is CC(=Nc1cc(F)ccc1C)c1c[nH]c2cc(C)c(F)cc12. The summed E-state index contributed by atoms with van der Waals surface area (Å²) < 4.78 is 27.2. The van der Waals surface area contributed by atoms with E-state index in [0.29, 0.717) is 17.0 Å². The lowest BCUT2D eigenvalue weighted by Gasteiger charge is -2.04.